The van der Waals surface area contributed by atoms with Gasteiger partial charge in [-0.25, -0.2) is 51.2 Å². The van der Waals surface area contributed by atoms with Crippen molar-refractivity contribution < 1.29 is 102 Å². The molecule has 0 saturated heterocycles. The van der Waals surface area contributed by atoms with E-state index < -0.39 is 96.5 Å². The Morgan fingerprint density at radius 2 is 0.818 bits per heavy atom. The number of fused-ring (bicyclic) bond motifs is 6. The minimum Gasteiger partial charge on any atom is -0.748 e. The highest BCUT2D eigenvalue weighted by Gasteiger charge is 2.31. The molecule has 0 saturated carbocycles. The van der Waals surface area contributed by atoms with Gasteiger partial charge in [-0.2, -0.15) is 19.1 Å². The van der Waals surface area contributed by atoms with Gasteiger partial charge in [-0.3, -0.25) is 48.3 Å². The number of esters is 2. The number of nitrogens with zero attached hydrogens (tertiary/aromatic N) is 8. The predicted octanol–water partition coefficient (Wildman–Crippen LogP) is 6.78. The number of aryl methyl sites for hydroxylation is 6. The van der Waals surface area contributed by atoms with E-state index in [-0.39, 0.29) is 168 Å². The van der Waals surface area contributed by atoms with Gasteiger partial charge in [0.05, 0.1) is 116 Å². The summed E-state index contributed by atoms with van der Waals surface area (Å²) in [6, 6.07) is 45.9. The first kappa shape index (κ1) is 104. The highest BCUT2D eigenvalue weighted by molar-refractivity contribution is 7.85. The lowest BCUT2D eigenvalue weighted by atomic mass is 10.0. The number of carboxylic acid groups (broad SMARTS) is 1. The van der Waals surface area contributed by atoms with E-state index in [9.17, 15) is 83.8 Å². The van der Waals surface area contributed by atoms with Crippen molar-refractivity contribution in [1.82, 2.24) is 71.8 Å². The average Bonchev–Trinajstić information content (AvgIpc) is 0.747. The quantitative estimate of drug-likeness (QED) is 0.00467. The van der Waals surface area contributed by atoms with Crippen LogP contribution >= 0.6 is 0 Å². The molecule has 15 N–H and O–H groups in total. The van der Waals surface area contributed by atoms with Crippen molar-refractivity contribution in [3.63, 3.8) is 0 Å². The van der Waals surface area contributed by atoms with Crippen molar-refractivity contribution in [1.29, 1.82) is 0 Å². The number of nitrogen functional groups attached to an aromatic ring is 2. The van der Waals surface area contributed by atoms with Gasteiger partial charge in [0.25, 0.3) is 34.7 Å². The summed E-state index contributed by atoms with van der Waals surface area (Å²) in [5.74, 6) is -5.68. The monoisotopic (exact) mass is 1990 g/mol. The van der Waals surface area contributed by atoms with Crippen LogP contribution in [0.2, 0.25) is 0 Å². The smallest absolute Gasteiger partial charge is 0.345 e. The standard InChI is InChI=1S/C50H54N10O10S.C49H50N10O12S/c1-29(2)24-38(57-46(62)32-14-16-34(17-15-32)54-27-35-28-55-44-42(56-35)48(64)59-50(51)58-44)47(63)53-19-22-69-21-18-52-45(61)33-25-30(3)43(31(4)26-33)70-49(65)41-36-10-5-7-12-39(36)60(20-9-23-71(66,67)68)40-13-8-6-11-37(40)41;1-28-24-31(25-29(2)42(28)71-48(66)40-34-8-3-5-10-37(34)59(20-7-23-72(67,68)69)38-11-6-4-9-35(38)40)44(61)52-19-22-70-21-18-51-39(60)17-16-36(47(64)65)56-45(62)30-12-14-32(15-13-30)53-26-33-27-54-43-41(55-33)46(63)58-49(50)57-43/h5-8,10-17,25-26,28-29,38H,9,18-24,27H2,1-4H3,(H7-,51,52,53,54,55,57,58,59,61,62,63,64,66,67,68);3-6,8-15,24-25,27,36H,7,16-23,26H2,1-2H3,(H8-,50,51,52,53,54,56,57,58,60,61,62,63,64,65,67,68,69). The highest BCUT2D eigenvalue weighted by Crippen LogP contribution is 2.34. The van der Waals surface area contributed by atoms with Crippen molar-refractivity contribution in [3.8, 4) is 11.5 Å². The number of benzene rings is 8. The van der Waals surface area contributed by atoms with Crippen LogP contribution in [-0.2, 0) is 70.3 Å². The van der Waals surface area contributed by atoms with Gasteiger partial charge >= 0.3 is 17.9 Å². The number of aromatic nitrogens is 10. The Balaban J connectivity index is 0.000000240. The number of rotatable bonds is 43. The molecule has 0 aliphatic carbocycles. The zero-order valence-electron chi connectivity index (χ0n) is 78.6. The SMILES string of the molecule is Cc1cc(C(=O)NCCOCCNC(=O)C(CC(C)C)NC(=O)c2ccc(NCc3cnc4nc(N)[nH]c(=O)c4n3)cc2)cc(C)c1OC(=O)c1c2ccccc2[n+](CCCS(=O)(=O)[O-])c2ccccc12.Cc1cc(C(=O)NCCOCCNC(=O)CCC(NC(=O)c2ccc(NCc3cnc4nc(N)[nH]c(=O)c4n3)cc2)C(=O)O)cc(C)c1OC(=O)c1c2ccccc2[n+](CCCS(=O)(=O)[O-])c2ccccc12. The number of hydrogen-bond donors (Lipinski definition) is 13. The second kappa shape index (κ2) is 47.6. The Morgan fingerprint density at radius 3 is 1.18 bits per heavy atom. The summed E-state index contributed by atoms with van der Waals surface area (Å²) >= 11 is 0. The number of carbonyl (C=O) groups is 9. The molecule has 6 amide bonds. The Bertz CT molecular complexity index is 7420. The van der Waals surface area contributed by atoms with Crippen LogP contribution in [-0.4, -0.2) is 200 Å². The van der Waals surface area contributed by atoms with Crippen molar-refractivity contribution >= 4 is 163 Å². The molecule has 14 rings (SSSR count). The van der Waals surface area contributed by atoms with Crippen molar-refractivity contribution in [2.75, 3.05) is 86.2 Å². The minimum absolute atomic E-state index is 0.0332. The number of nitrogens with one attached hydrogen (secondary N) is 10. The molecular weight excluding hydrogens is 1890 g/mol. The molecule has 0 aliphatic rings. The highest BCUT2D eigenvalue weighted by atomic mass is 32.2. The molecule has 44 heteroatoms. The van der Waals surface area contributed by atoms with Gasteiger partial charge in [0.1, 0.15) is 23.6 Å². The fourth-order valence-electron chi connectivity index (χ4n) is 16.0. The Morgan fingerprint density at radius 1 is 0.462 bits per heavy atom. The molecular formula is C99H104N20O22S2. The van der Waals surface area contributed by atoms with E-state index in [1.807, 2.05) is 59.4 Å². The number of carbonyl (C=O) groups excluding carboxylic acids is 8. The van der Waals surface area contributed by atoms with Crippen LogP contribution in [0.1, 0.15) is 142 Å². The van der Waals surface area contributed by atoms with Gasteiger partial charge in [-0.1, -0.05) is 62.4 Å². The second-order valence-corrected chi connectivity index (χ2v) is 36.8. The molecule has 42 nitrogen and oxygen atoms in total. The van der Waals surface area contributed by atoms with Crippen LogP contribution in [0.3, 0.4) is 0 Å². The van der Waals surface area contributed by atoms with Gasteiger partial charge in [0.2, 0.25) is 45.8 Å². The van der Waals surface area contributed by atoms with E-state index in [1.165, 1.54) is 24.5 Å². The van der Waals surface area contributed by atoms with Gasteiger partial charge in [-0.05, 0) is 166 Å². The van der Waals surface area contributed by atoms with Gasteiger partial charge in [0.15, 0.2) is 35.4 Å². The normalized spacial score (nSPS) is 11.9. The maximum absolute atomic E-state index is 14.1. The summed E-state index contributed by atoms with van der Waals surface area (Å²) in [6.45, 7) is 12.8. The van der Waals surface area contributed by atoms with Crippen LogP contribution in [0.25, 0.3) is 65.9 Å². The lowest BCUT2D eigenvalue weighted by Gasteiger charge is -2.20. The number of nitrogens with two attached hydrogens (primary N) is 2. The topological polar surface area (TPSA) is 624 Å². The van der Waals surface area contributed by atoms with E-state index >= 15 is 0 Å². The number of H-pyrrole nitrogens is 2. The zero-order valence-corrected chi connectivity index (χ0v) is 80.2. The van der Waals surface area contributed by atoms with Gasteiger partial charge in [0, 0.05) is 115 Å². The number of hydrogen-bond acceptors (Lipinski definition) is 31. The summed E-state index contributed by atoms with van der Waals surface area (Å²) in [5, 5.41) is 34.7. The number of aliphatic carboxylic acids is 1. The Labute approximate surface area is 817 Å². The van der Waals surface area contributed by atoms with E-state index in [2.05, 4.69) is 82.4 Å². The maximum atomic E-state index is 14.1. The summed E-state index contributed by atoms with van der Waals surface area (Å²) in [6.07, 6.45) is 3.14. The van der Waals surface area contributed by atoms with Gasteiger partial charge in [-0.15, -0.1) is 0 Å². The molecule has 2 unspecified atom stereocenters. The molecule has 6 heterocycles. The lowest BCUT2D eigenvalue weighted by molar-refractivity contribution is -0.645. The fraction of sp³-hybridized carbons (Fsp3) is 0.283. The molecule has 744 valence electrons. The third-order valence-electron chi connectivity index (χ3n) is 22.6. The number of carboxylic acids is 1. The average molecular weight is 1990 g/mol. The fourth-order valence-corrected chi connectivity index (χ4v) is 17.0. The van der Waals surface area contributed by atoms with Crippen molar-refractivity contribution in [3.05, 3.63) is 270 Å². The Hall–Kier alpha value is -16.3. The van der Waals surface area contributed by atoms with Crippen LogP contribution in [0.15, 0.2) is 192 Å². The third-order valence-corrected chi connectivity index (χ3v) is 24.2. The van der Waals surface area contributed by atoms with Crippen LogP contribution in [0.4, 0.5) is 23.3 Å². The molecule has 0 spiro atoms. The van der Waals surface area contributed by atoms with Crippen molar-refractivity contribution in [2.24, 2.45) is 5.92 Å². The van der Waals surface area contributed by atoms with E-state index in [0.29, 0.717) is 129 Å². The zero-order chi connectivity index (χ0) is 102. The number of para-hydroxylation sites is 4. The van der Waals surface area contributed by atoms with E-state index in [0.717, 1.165) is 0 Å². The van der Waals surface area contributed by atoms with Crippen LogP contribution < -0.4 is 83.7 Å². The van der Waals surface area contributed by atoms with E-state index in [1.54, 1.807) is 149 Å². The molecule has 6 aromatic heterocycles. The molecule has 143 heavy (non-hydrogen) atoms. The number of anilines is 4. The Kier molecular flexibility index (Phi) is 34.6. The molecule has 0 bridgehead atoms. The van der Waals surface area contributed by atoms with Crippen LogP contribution in [0, 0.1) is 33.6 Å². The third kappa shape index (κ3) is 27.9. The summed E-state index contributed by atoms with van der Waals surface area (Å²) in [7, 11) is -8.82. The first-order chi connectivity index (χ1) is 68.4. The number of amides is 6. The number of aromatic amines is 2. The van der Waals surface area contributed by atoms with E-state index in [4.69, 9.17) is 30.4 Å². The molecule has 0 fully saturated rings. The number of ether oxygens (including phenoxy) is 4. The number of pyridine rings is 2. The van der Waals surface area contributed by atoms with Crippen molar-refractivity contribution in [2.45, 2.75) is 112 Å². The molecule has 0 aliphatic heterocycles. The minimum atomic E-state index is -4.41. The maximum Gasteiger partial charge on any atom is 0.345 e. The first-order valence-electron chi connectivity index (χ1n) is 45.4. The molecule has 0 radical (unpaired) electrons. The summed E-state index contributed by atoms with van der Waals surface area (Å²) in [4.78, 5) is 172. The first-order valence-corrected chi connectivity index (χ1v) is 48.6. The largest absolute Gasteiger partial charge is 0.748 e. The van der Waals surface area contributed by atoms with Gasteiger partial charge < -0.3 is 87.2 Å². The molecule has 14 aromatic rings. The predicted molar refractivity (Wildman–Crippen MR) is 527 cm³/mol. The molecule has 8 aromatic carbocycles. The van der Waals surface area contributed by atoms with Crippen LogP contribution in [0.5, 0.6) is 11.5 Å². The second-order valence-electron chi connectivity index (χ2n) is 33.8. The summed E-state index contributed by atoms with van der Waals surface area (Å²) in [5.41, 5.74) is 19.3. The summed E-state index contributed by atoms with van der Waals surface area (Å²) < 4.78 is 95.1. The molecule has 2 atom stereocenters. The lowest BCUT2D eigenvalue weighted by Crippen LogP contribution is -2.48.